The number of furan rings is 1. The maximum Gasteiger partial charge on any atom is 0.343 e. The van der Waals surface area contributed by atoms with Crippen molar-refractivity contribution in [1.29, 1.82) is 0 Å². The summed E-state index contributed by atoms with van der Waals surface area (Å²) in [4.78, 5) is 39.7. The zero-order valence-electron chi connectivity index (χ0n) is 14.5. The van der Waals surface area contributed by atoms with Gasteiger partial charge in [-0.05, 0) is 18.6 Å². The SMILES string of the molecule is CCCn1c(SCC(=O)N2CCN(C(=O)c3ccco3)CC2)n[nH]c1=O. The predicted molar refractivity (Wildman–Crippen MR) is 95.1 cm³/mol. The molecule has 0 aliphatic carbocycles. The van der Waals surface area contributed by atoms with Gasteiger partial charge in [0.2, 0.25) is 5.91 Å². The van der Waals surface area contributed by atoms with Crippen LogP contribution in [0.25, 0.3) is 0 Å². The number of hydrogen-bond donors (Lipinski definition) is 1. The van der Waals surface area contributed by atoms with E-state index in [0.29, 0.717) is 43.6 Å². The van der Waals surface area contributed by atoms with E-state index in [1.165, 1.54) is 22.6 Å². The Morgan fingerprint density at radius 3 is 2.65 bits per heavy atom. The van der Waals surface area contributed by atoms with Crippen LogP contribution in [0.4, 0.5) is 0 Å². The Hall–Kier alpha value is -2.49. The van der Waals surface area contributed by atoms with E-state index in [1.54, 1.807) is 21.9 Å². The smallest absolute Gasteiger partial charge is 0.343 e. The van der Waals surface area contributed by atoms with Gasteiger partial charge in [-0.15, -0.1) is 5.10 Å². The molecule has 9 nitrogen and oxygen atoms in total. The number of rotatable bonds is 6. The van der Waals surface area contributed by atoms with Crippen molar-refractivity contribution in [2.45, 2.75) is 25.0 Å². The topological polar surface area (TPSA) is 104 Å². The van der Waals surface area contributed by atoms with Crippen LogP contribution in [0.1, 0.15) is 23.9 Å². The fraction of sp³-hybridized carbons (Fsp3) is 0.500. The number of thioether (sulfide) groups is 1. The van der Waals surface area contributed by atoms with E-state index < -0.39 is 0 Å². The molecule has 140 valence electrons. The number of carbonyl (C=O) groups excluding carboxylic acids is 2. The van der Waals surface area contributed by atoms with Crippen molar-refractivity contribution >= 4 is 23.6 Å². The van der Waals surface area contributed by atoms with E-state index in [2.05, 4.69) is 10.2 Å². The second-order valence-electron chi connectivity index (χ2n) is 5.90. The second kappa shape index (κ2) is 8.26. The lowest BCUT2D eigenvalue weighted by Crippen LogP contribution is -2.51. The molecule has 3 rings (SSSR count). The van der Waals surface area contributed by atoms with E-state index in [-0.39, 0.29) is 23.3 Å². The summed E-state index contributed by atoms with van der Waals surface area (Å²) in [7, 11) is 0. The van der Waals surface area contributed by atoms with Gasteiger partial charge in [-0.3, -0.25) is 14.2 Å². The molecule has 2 aromatic heterocycles. The number of aromatic amines is 1. The van der Waals surface area contributed by atoms with Gasteiger partial charge < -0.3 is 14.2 Å². The lowest BCUT2D eigenvalue weighted by Gasteiger charge is -2.34. The summed E-state index contributed by atoms with van der Waals surface area (Å²) in [5, 5.41) is 6.91. The molecule has 2 aromatic rings. The lowest BCUT2D eigenvalue weighted by molar-refractivity contribution is -0.129. The van der Waals surface area contributed by atoms with E-state index >= 15 is 0 Å². The first-order chi connectivity index (χ1) is 12.6. The molecule has 1 saturated heterocycles. The molecule has 1 aliphatic heterocycles. The molecule has 0 aromatic carbocycles. The van der Waals surface area contributed by atoms with Crippen LogP contribution in [0.15, 0.2) is 32.8 Å². The third-order valence-corrected chi connectivity index (χ3v) is 5.11. The van der Waals surface area contributed by atoms with Crippen LogP contribution in [0.5, 0.6) is 0 Å². The zero-order valence-corrected chi connectivity index (χ0v) is 15.3. The monoisotopic (exact) mass is 379 g/mol. The number of H-pyrrole nitrogens is 1. The maximum atomic E-state index is 12.4. The average molecular weight is 379 g/mol. The minimum Gasteiger partial charge on any atom is -0.459 e. The molecule has 0 radical (unpaired) electrons. The Morgan fingerprint density at radius 1 is 1.27 bits per heavy atom. The standard InChI is InChI=1S/C16H21N5O4S/c1-2-5-21-15(24)17-18-16(21)26-11-13(22)19-6-8-20(9-7-19)14(23)12-4-3-10-25-12/h3-4,10H,2,5-9,11H2,1H3,(H,17,24). The Labute approximate surface area is 154 Å². The van der Waals surface area contributed by atoms with Crippen LogP contribution in [0.3, 0.4) is 0 Å². The molecule has 2 amide bonds. The third-order valence-electron chi connectivity index (χ3n) is 4.15. The number of nitrogens with zero attached hydrogens (tertiary/aromatic N) is 4. The number of piperazine rings is 1. The molecule has 1 N–H and O–H groups in total. The van der Waals surface area contributed by atoms with Gasteiger partial charge in [0.15, 0.2) is 10.9 Å². The normalized spacial score (nSPS) is 14.7. The molecule has 1 aliphatic rings. The van der Waals surface area contributed by atoms with E-state index in [1.807, 2.05) is 6.92 Å². The molecule has 0 bridgehead atoms. The van der Waals surface area contributed by atoms with Crippen molar-refractivity contribution in [3.05, 3.63) is 34.6 Å². The molecule has 0 unspecified atom stereocenters. The summed E-state index contributed by atoms with van der Waals surface area (Å²) in [6, 6.07) is 3.31. The van der Waals surface area contributed by atoms with Crippen LogP contribution < -0.4 is 5.69 Å². The average Bonchev–Trinajstić information content (AvgIpc) is 3.31. The highest BCUT2D eigenvalue weighted by Crippen LogP contribution is 2.16. The van der Waals surface area contributed by atoms with Crippen molar-refractivity contribution in [3.63, 3.8) is 0 Å². The van der Waals surface area contributed by atoms with Crippen molar-refractivity contribution in [3.8, 4) is 0 Å². The molecule has 0 spiro atoms. The first kappa shape index (κ1) is 18.3. The number of hydrogen-bond acceptors (Lipinski definition) is 6. The van der Waals surface area contributed by atoms with Crippen LogP contribution >= 0.6 is 11.8 Å². The van der Waals surface area contributed by atoms with E-state index in [9.17, 15) is 14.4 Å². The molecule has 0 atom stereocenters. The highest BCUT2D eigenvalue weighted by Gasteiger charge is 2.26. The molecule has 0 saturated carbocycles. The summed E-state index contributed by atoms with van der Waals surface area (Å²) in [6.07, 6.45) is 2.28. The minimum absolute atomic E-state index is 0.0291. The molecule has 26 heavy (non-hydrogen) atoms. The van der Waals surface area contributed by atoms with Gasteiger partial charge in [0.1, 0.15) is 0 Å². The molecular formula is C16H21N5O4S. The largest absolute Gasteiger partial charge is 0.459 e. The molecule has 1 fully saturated rings. The highest BCUT2D eigenvalue weighted by molar-refractivity contribution is 7.99. The maximum absolute atomic E-state index is 12.4. The first-order valence-corrected chi connectivity index (χ1v) is 9.47. The summed E-state index contributed by atoms with van der Waals surface area (Å²) >= 11 is 1.25. The Kier molecular flexibility index (Phi) is 5.82. The van der Waals surface area contributed by atoms with Gasteiger partial charge in [0.25, 0.3) is 5.91 Å². The Balaban J connectivity index is 1.50. The van der Waals surface area contributed by atoms with Crippen molar-refractivity contribution < 1.29 is 14.0 Å². The van der Waals surface area contributed by atoms with Gasteiger partial charge in [0.05, 0.1) is 12.0 Å². The number of aromatic nitrogens is 3. The van der Waals surface area contributed by atoms with Crippen LogP contribution in [-0.2, 0) is 11.3 Å². The zero-order chi connectivity index (χ0) is 18.5. The van der Waals surface area contributed by atoms with Gasteiger partial charge >= 0.3 is 5.69 Å². The van der Waals surface area contributed by atoms with Gasteiger partial charge in [-0.2, -0.15) is 0 Å². The molecular weight excluding hydrogens is 358 g/mol. The van der Waals surface area contributed by atoms with Crippen LogP contribution in [0.2, 0.25) is 0 Å². The third kappa shape index (κ3) is 4.01. The lowest BCUT2D eigenvalue weighted by atomic mass is 10.3. The summed E-state index contributed by atoms with van der Waals surface area (Å²) in [6.45, 7) is 4.45. The Bertz CT molecular complexity index is 805. The van der Waals surface area contributed by atoms with Crippen molar-refractivity contribution in [2.75, 3.05) is 31.9 Å². The van der Waals surface area contributed by atoms with E-state index in [4.69, 9.17) is 4.42 Å². The van der Waals surface area contributed by atoms with Gasteiger partial charge in [-0.25, -0.2) is 9.89 Å². The quantitative estimate of drug-likeness (QED) is 0.739. The molecule has 10 heteroatoms. The van der Waals surface area contributed by atoms with Crippen molar-refractivity contribution in [2.24, 2.45) is 0 Å². The summed E-state index contributed by atoms with van der Waals surface area (Å²) < 4.78 is 6.67. The summed E-state index contributed by atoms with van der Waals surface area (Å²) in [5.41, 5.74) is -0.258. The summed E-state index contributed by atoms with van der Waals surface area (Å²) in [5.74, 6) is 0.336. The number of carbonyl (C=O) groups is 2. The van der Waals surface area contributed by atoms with E-state index in [0.717, 1.165) is 6.42 Å². The Morgan fingerprint density at radius 2 is 2.00 bits per heavy atom. The van der Waals surface area contributed by atoms with Crippen LogP contribution in [0, 0.1) is 0 Å². The molecule has 3 heterocycles. The minimum atomic E-state index is -0.258. The van der Waals surface area contributed by atoms with Gasteiger partial charge in [0, 0.05) is 32.7 Å². The fourth-order valence-corrected chi connectivity index (χ4v) is 3.64. The first-order valence-electron chi connectivity index (χ1n) is 8.48. The number of amides is 2. The fourth-order valence-electron chi connectivity index (χ4n) is 2.77. The van der Waals surface area contributed by atoms with Crippen LogP contribution in [-0.4, -0.2) is 68.3 Å². The highest BCUT2D eigenvalue weighted by atomic mass is 32.2. The van der Waals surface area contributed by atoms with Crippen molar-refractivity contribution in [1.82, 2.24) is 24.6 Å². The van der Waals surface area contributed by atoms with Gasteiger partial charge in [-0.1, -0.05) is 18.7 Å². The number of nitrogens with one attached hydrogen (secondary N) is 1. The predicted octanol–water partition coefficient (Wildman–Crippen LogP) is 0.651. The second-order valence-corrected chi connectivity index (χ2v) is 6.84.